The maximum atomic E-state index is 5.22. The van der Waals surface area contributed by atoms with Crippen molar-refractivity contribution in [3.8, 4) is 0 Å². The van der Waals surface area contributed by atoms with Gasteiger partial charge in [0.15, 0.2) is 5.96 Å². The largest absolute Gasteiger partial charge is 0.385 e. The van der Waals surface area contributed by atoms with Crippen LogP contribution < -0.4 is 5.32 Å². The van der Waals surface area contributed by atoms with Gasteiger partial charge in [0, 0.05) is 51.4 Å². The molecular weight excluding hydrogens is 270 g/mol. The molecule has 1 heterocycles. The van der Waals surface area contributed by atoms with Crippen LogP contribution in [0.1, 0.15) is 32.6 Å². The molecule has 1 atom stereocenters. The summed E-state index contributed by atoms with van der Waals surface area (Å²) in [5.74, 6) is 2.31. The van der Waals surface area contributed by atoms with Crippen LogP contribution in [0.15, 0.2) is 4.99 Å². The van der Waals surface area contributed by atoms with Crippen molar-refractivity contribution in [3.05, 3.63) is 0 Å². The molecule has 0 amide bonds. The van der Waals surface area contributed by atoms with Crippen LogP contribution >= 0.6 is 11.8 Å². The van der Waals surface area contributed by atoms with Gasteiger partial charge in [0.1, 0.15) is 0 Å². The second-order valence-corrected chi connectivity index (χ2v) is 7.40. The lowest BCUT2D eigenvalue weighted by atomic mass is 10.0. The quantitative estimate of drug-likeness (QED) is 0.603. The zero-order valence-electron chi connectivity index (χ0n) is 13.2. The first-order valence-corrected chi connectivity index (χ1v) is 8.84. The minimum atomic E-state index is 0.473. The van der Waals surface area contributed by atoms with E-state index in [0.717, 1.165) is 37.5 Å². The van der Waals surface area contributed by atoms with E-state index in [9.17, 15) is 0 Å². The molecular formula is C15H29N3OS. The standard InChI is InChI=1S/C15H29N3OS/c1-4-13-11-18(8-10-20-13)14(16-2)17-12-15(5-6-15)7-9-19-3/h13H,4-12H2,1-3H3,(H,16,17). The van der Waals surface area contributed by atoms with E-state index in [0.29, 0.717) is 5.41 Å². The highest BCUT2D eigenvalue weighted by Gasteiger charge is 2.42. The van der Waals surface area contributed by atoms with Crippen LogP contribution in [0.25, 0.3) is 0 Å². The molecule has 1 aliphatic heterocycles. The summed E-state index contributed by atoms with van der Waals surface area (Å²) in [5, 5.41) is 4.36. The Labute approximate surface area is 127 Å². The van der Waals surface area contributed by atoms with Crippen molar-refractivity contribution in [2.75, 3.05) is 46.2 Å². The summed E-state index contributed by atoms with van der Waals surface area (Å²) in [6.45, 7) is 6.45. The van der Waals surface area contributed by atoms with Gasteiger partial charge >= 0.3 is 0 Å². The Hall–Kier alpha value is -0.420. The highest BCUT2D eigenvalue weighted by molar-refractivity contribution is 8.00. The van der Waals surface area contributed by atoms with Crippen molar-refractivity contribution in [2.45, 2.75) is 37.9 Å². The predicted octanol–water partition coefficient (Wildman–Crippen LogP) is 2.21. The Balaban J connectivity index is 1.80. The van der Waals surface area contributed by atoms with Crippen LogP contribution in [-0.4, -0.2) is 62.3 Å². The highest BCUT2D eigenvalue weighted by atomic mass is 32.2. The summed E-state index contributed by atoms with van der Waals surface area (Å²) >= 11 is 2.10. The molecule has 116 valence electrons. The summed E-state index contributed by atoms with van der Waals surface area (Å²) in [4.78, 5) is 6.91. The zero-order valence-corrected chi connectivity index (χ0v) is 14.0. The van der Waals surface area contributed by atoms with E-state index >= 15 is 0 Å². The molecule has 0 radical (unpaired) electrons. The number of hydrogen-bond donors (Lipinski definition) is 1. The third-order valence-corrected chi connectivity index (χ3v) is 5.89. The third-order valence-electron chi connectivity index (χ3n) is 4.52. The topological polar surface area (TPSA) is 36.9 Å². The van der Waals surface area contributed by atoms with Crippen molar-refractivity contribution in [1.82, 2.24) is 10.2 Å². The molecule has 1 unspecified atom stereocenters. The smallest absolute Gasteiger partial charge is 0.193 e. The summed E-state index contributed by atoms with van der Waals surface area (Å²) in [5.41, 5.74) is 0.473. The number of guanidine groups is 1. The Morgan fingerprint density at radius 2 is 2.30 bits per heavy atom. The fraction of sp³-hybridized carbons (Fsp3) is 0.933. The highest BCUT2D eigenvalue weighted by Crippen LogP contribution is 2.48. The second-order valence-electron chi connectivity index (χ2n) is 5.99. The minimum absolute atomic E-state index is 0.473. The Kier molecular flexibility index (Phi) is 6.02. The molecule has 5 heteroatoms. The number of nitrogens with one attached hydrogen (secondary N) is 1. The molecule has 0 spiro atoms. The summed E-state index contributed by atoms with van der Waals surface area (Å²) in [6.07, 6.45) is 5.07. The van der Waals surface area contributed by atoms with Gasteiger partial charge in [0.2, 0.25) is 0 Å². The SMILES string of the molecule is CCC1CN(C(=NC)NCC2(CCOC)CC2)CCS1. The molecule has 0 aromatic rings. The fourth-order valence-corrected chi connectivity index (χ4v) is 3.95. The van der Waals surface area contributed by atoms with E-state index in [1.54, 1.807) is 7.11 Å². The lowest BCUT2D eigenvalue weighted by Gasteiger charge is -2.34. The monoisotopic (exact) mass is 299 g/mol. The van der Waals surface area contributed by atoms with Crippen LogP contribution in [0.5, 0.6) is 0 Å². The minimum Gasteiger partial charge on any atom is -0.385 e. The maximum Gasteiger partial charge on any atom is 0.193 e. The molecule has 1 saturated carbocycles. The molecule has 1 N–H and O–H groups in total. The molecule has 0 aromatic heterocycles. The van der Waals surface area contributed by atoms with Gasteiger partial charge in [-0.2, -0.15) is 11.8 Å². The van der Waals surface area contributed by atoms with Gasteiger partial charge in [0.05, 0.1) is 0 Å². The van der Waals surface area contributed by atoms with E-state index in [1.165, 1.54) is 31.4 Å². The summed E-state index contributed by atoms with van der Waals surface area (Å²) < 4.78 is 5.22. The molecule has 0 bridgehead atoms. The lowest BCUT2D eigenvalue weighted by Crippen LogP contribution is -2.49. The number of nitrogens with zero attached hydrogens (tertiary/aromatic N) is 2. The number of thioether (sulfide) groups is 1. The second kappa shape index (κ2) is 7.55. The lowest BCUT2D eigenvalue weighted by molar-refractivity contribution is 0.172. The van der Waals surface area contributed by atoms with Crippen LogP contribution in [0.2, 0.25) is 0 Å². The third kappa shape index (κ3) is 4.29. The molecule has 1 aliphatic carbocycles. The first-order valence-electron chi connectivity index (χ1n) is 7.79. The molecule has 1 saturated heterocycles. The Bertz CT molecular complexity index is 331. The molecule has 2 aliphatic rings. The van der Waals surface area contributed by atoms with Crippen LogP contribution in [0.3, 0.4) is 0 Å². The number of ether oxygens (including phenoxy) is 1. The van der Waals surface area contributed by atoms with Gasteiger partial charge in [-0.1, -0.05) is 6.92 Å². The van der Waals surface area contributed by atoms with Crippen molar-refractivity contribution < 1.29 is 4.74 Å². The number of rotatable bonds is 6. The number of aliphatic imine (C=N–C) groups is 1. The van der Waals surface area contributed by atoms with Gasteiger partial charge in [-0.3, -0.25) is 4.99 Å². The van der Waals surface area contributed by atoms with E-state index < -0.39 is 0 Å². The molecule has 4 nitrogen and oxygen atoms in total. The van der Waals surface area contributed by atoms with Gasteiger partial charge in [-0.15, -0.1) is 0 Å². The van der Waals surface area contributed by atoms with E-state index in [-0.39, 0.29) is 0 Å². The van der Waals surface area contributed by atoms with Crippen LogP contribution in [0, 0.1) is 5.41 Å². The zero-order chi connectivity index (χ0) is 14.4. The predicted molar refractivity (Wildman–Crippen MR) is 87.6 cm³/mol. The summed E-state index contributed by atoms with van der Waals surface area (Å²) in [7, 11) is 3.69. The normalized spacial score (nSPS) is 25.6. The van der Waals surface area contributed by atoms with Crippen molar-refractivity contribution >= 4 is 17.7 Å². The Morgan fingerprint density at radius 3 is 2.90 bits per heavy atom. The van der Waals surface area contributed by atoms with Gasteiger partial charge in [-0.05, 0) is 31.1 Å². The van der Waals surface area contributed by atoms with Crippen molar-refractivity contribution in [1.29, 1.82) is 0 Å². The maximum absolute atomic E-state index is 5.22. The fourth-order valence-electron chi connectivity index (χ4n) is 2.77. The molecule has 0 aromatic carbocycles. The average molecular weight is 299 g/mol. The summed E-state index contributed by atoms with van der Waals surface area (Å²) in [6, 6.07) is 0. The van der Waals surface area contributed by atoms with Crippen molar-refractivity contribution in [3.63, 3.8) is 0 Å². The van der Waals surface area contributed by atoms with Gasteiger partial charge in [-0.25, -0.2) is 0 Å². The Morgan fingerprint density at radius 1 is 1.50 bits per heavy atom. The van der Waals surface area contributed by atoms with E-state index in [1.807, 2.05) is 7.05 Å². The van der Waals surface area contributed by atoms with Gasteiger partial charge in [0.25, 0.3) is 0 Å². The van der Waals surface area contributed by atoms with E-state index in [2.05, 4.69) is 33.9 Å². The molecule has 2 rings (SSSR count). The van der Waals surface area contributed by atoms with Crippen LogP contribution in [-0.2, 0) is 4.74 Å². The van der Waals surface area contributed by atoms with Crippen LogP contribution in [0.4, 0.5) is 0 Å². The van der Waals surface area contributed by atoms with Gasteiger partial charge < -0.3 is 15.0 Å². The first kappa shape index (κ1) is 16.0. The number of hydrogen-bond acceptors (Lipinski definition) is 3. The van der Waals surface area contributed by atoms with Crippen molar-refractivity contribution in [2.24, 2.45) is 10.4 Å². The van der Waals surface area contributed by atoms with E-state index in [4.69, 9.17) is 4.74 Å². The molecule has 20 heavy (non-hydrogen) atoms. The average Bonchev–Trinajstić information content (AvgIpc) is 3.26. The number of methoxy groups -OCH3 is 1. The first-order chi connectivity index (χ1) is 9.73. The molecule has 2 fully saturated rings.